The fraction of sp³-hybridized carbons (Fsp3) is 1.00. The molecule has 1 fully saturated rings. The lowest BCUT2D eigenvalue weighted by atomic mass is 10.7. The van der Waals surface area contributed by atoms with Crippen LogP contribution < -0.4 is 16.1 Å². The summed E-state index contributed by atoms with van der Waals surface area (Å²) in [5, 5.41) is 13.3. The minimum atomic E-state index is 0.847. The molecule has 0 aromatic heterocycles. The summed E-state index contributed by atoms with van der Waals surface area (Å²) >= 11 is 0. The van der Waals surface area contributed by atoms with Crippen LogP contribution in [0.4, 0.5) is 0 Å². The maximum atomic E-state index is 3.60. The normalized spacial score (nSPS) is 21.6. The third-order valence-corrected chi connectivity index (χ3v) is 1.19. The van der Waals surface area contributed by atoms with Gasteiger partial charge in [0.2, 0.25) is 0 Å². The van der Waals surface area contributed by atoms with E-state index in [0.717, 1.165) is 32.8 Å². The quantitative estimate of drug-likeness (QED) is 0.411. The van der Waals surface area contributed by atoms with Gasteiger partial charge in [-0.15, -0.1) is 0 Å². The van der Waals surface area contributed by atoms with Crippen LogP contribution in [0.15, 0.2) is 10.3 Å². The standard InChI is InChI=1S/C3H8N2.C2H5N3/c1-2-5-3-4-1;1-2-4-5-3-1/h4-5H,1-3H2;1-2H2,(H,3,4). The van der Waals surface area contributed by atoms with Crippen LogP contribution in [0.25, 0.3) is 0 Å². The average molecular weight is 143 g/mol. The van der Waals surface area contributed by atoms with Gasteiger partial charge in [0.15, 0.2) is 0 Å². The lowest BCUT2D eigenvalue weighted by molar-refractivity contribution is 0.807. The van der Waals surface area contributed by atoms with Gasteiger partial charge in [-0.3, -0.25) is 5.43 Å². The van der Waals surface area contributed by atoms with E-state index in [0.29, 0.717) is 0 Å². The molecule has 1 saturated heterocycles. The second kappa shape index (κ2) is 5.13. The highest BCUT2D eigenvalue weighted by molar-refractivity contribution is 4.55. The van der Waals surface area contributed by atoms with Crippen molar-refractivity contribution in [3.05, 3.63) is 0 Å². The van der Waals surface area contributed by atoms with Crippen LogP contribution in [-0.2, 0) is 0 Å². The molecule has 0 saturated carbocycles. The molecule has 2 aliphatic rings. The van der Waals surface area contributed by atoms with E-state index in [1.807, 2.05) is 0 Å². The molecule has 2 aliphatic heterocycles. The summed E-state index contributed by atoms with van der Waals surface area (Å²) < 4.78 is 0. The lowest BCUT2D eigenvalue weighted by Crippen LogP contribution is -2.11. The van der Waals surface area contributed by atoms with E-state index in [2.05, 4.69) is 26.4 Å². The molecule has 0 radical (unpaired) electrons. The zero-order valence-electron chi connectivity index (χ0n) is 5.93. The van der Waals surface area contributed by atoms with Crippen molar-refractivity contribution in [1.29, 1.82) is 0 Å². The molecule has 10 heavy (non-hydrogen) atoms. The maximum absolute atomic E-state index is 3.60. The summed E-state index contributed by atoms with van der Waals surface area (Å²) in [7, 11) is 0. The highest BCUT2D eigenvalue weighted by Gasteiger charge is 1.90. The Morgan fingerprint density at radius 3 is 2.00 bits per heavy atom. The molecule has 0 atom stereocenters. The molecule has 0 bridgehead atoms. The molecular weight excluding hydrogens is 130 g/mol. The molecule has 5 heteroatoms. The molecule has 0 aliphatic carbocycles. The molecule has 2 rings (SSSR count). The molecule has 0 aromatic rings. The van der Waals surface area contributed by atoms with Crippen molar-refractivity contribution >= 4 is 0 Å². The van der Waals surface area contributed by atoms with Crippen LogP contribution >= 0.6 is 0 Å². The van der Waals surface area contributed by atoms with Gasteiger partial charge in [-0.05, 0) is 0 Å². The van der Waals surface area contributed by atoms with E-state index in [1.165, 1.54) is 0 Å². The zero-order valence-corrected chi connectivity index (χ0v) is 5.93. The lowest BCUT2D eigenvalue weighted by Gasteiger charge is -1.77. The van der Waals surface area contributed by atoms with E-state index in [4.69, 9.17) is 0 Å². The summed E-state index contributed by atoms with van der Waals surface area (Å²) in [6, 6.07) is 0. The van der Waals surface area contributed by atoms with Crippen molar-refractivity contribution in [3.63, 3.8) is 0 Å². The Morgan fingerprint density at radius 2 is 1.80 bits per heavy atom. The predicted molar refractivity (Wildman–Crippen MR) is 38.6 cm³/mol. The Kier molecular flexibility index (Phi) is 3.81. The third kappa shape index (κ3) is 3.37. The van der Waals surface area contributed by atoms with Crippen LogP contribution in [0.3, 0.4) is 0 Å². The number of nitrogens with one attached hydrogen (secondary N) is 3. The van der Waals surface area contributed by atoms with Crippen molar-refractivity contribution in [1.82, 2.24) is 16.1 Å². The van der Waals surface area contributed by atoms with E-state index in [1.54, 1.807) is 0 Å². The number of rotatable bonds is 0. The smallest absolute Gasteiger partial charge is 0.0810 e. The van der Waals surface area contributed by atoms with Crippen molar-refractivity contribution in [3.8, 4) is 0 Å². The van der Waals surface area contributed by atoms with Crippen molar-refractivity contribution < 1.29 is 0 Å². The summed E-state index contributed by atoms with van der Waals surface area (Å²) in [6.07, 6.45) is 0. The first kappa shape index (κ1) is 7.43. The SMILES string of the molecule is C1CNCN1.C1CNN=N1. The average Bonchev–Trinajstić information content (AvgIpc) is 2.67. The highest BCUT2D eigenvalue weighted by Crippen LogP contribution is 1.76. The summed E-state index contributed by atoms with van der Waals surface area (Å²) in [5.74, 6) is 0. The highest BCUT2D eigenvalue weighted by atomic mass is 15.5. The Hall–Kier alpha value is -0.680. The van der Waals surface area contributed by atoms with Gasteiger partial charge < -0.3 is 10.6 Å². The van der Waals surface area contributed by atoms with Gasteiger partial charge >= 0.3 is 0 Å². The fourth-order valence-electron chi connectivity index (χ4n) is 0.692. The summed E-state index contributed by atoms with van der Waals surface area (Å²) in [4.78, 5) is 0. The van der Waals surface area contributed by atoms with Crippen LogP contribution in [0, 0.1) is 0 Å². The first-order chi connectivity index (χ1) is 5.00. The van der Waals surface area contributed by atoms with E-state index in [9.17, 15) is 0 Å². The van der Waals surface area contributed by atoms with Crippen LogP contribution in [0.1, 0.15) is 0 Å². The maximum Gasteiger partial charge on any atom is 0.0810 e. The third-order valence-electron chi connectivity index (χ3n) is 1.19. The second-order valence-electron chi connectivity index (χ2n) is 2.05. The van der Waals surface area contributed by atoms with E-state index in [-0.39, 0.29) is 0 Å². The van der Waals surface area contributed by atoms with Crippen molar-refractivity contribution in [2.45, 2.75) is 0 Å². The minimum Gasteiger partial charge on any atom is -0.303 e. The second-order valence-corrected chi connectivity index (χ2v) is 2.05. The monoisotopic (exact) mass is 143 g/mol. The molecule has 2 heterocycles. The molecule has 0 aromatic carbocycles. The van der Waals surface area contributed by atoms with E-state index < -0.39 is 0 Å². The van der Waals surface area contributed by atoms with Gasteiger partial charge in [0.25, 0.3) is 0 Å². The molecule has 58 valence electrons. The molecular formula is C5H13N5. The van der Waals surface area contributed by atoms with Gasteiger partial charge in [-0.2, -0.15) is 5.11 Å². The number of hydrogen-bond acceptors (Lipinski definition) is 5. The van der Waals surface area contributed by atoms with Gasteiger partial charge in [-0.1, -0.05) is 5.22 Å². The predicted octanol–water partition coefficient (Wildman–Crippen LogP) is -0.906. The topological polar surface area (TPSA) is 60.8 Å². The van der Waals surface area contributed by atoms with E-state index >= 15 is 0 Å². The van der Waals surface area contributed by atoms with Crippen molar-refractivity contribution in [2.24, 2.45) is 10.3 Å². The first-order valence-electron chi connectivity index (χ1n) is 3.51. The van der Waals surface area contributed by atoms with Crippen LogP contribution in [-0.4, -0.2) is 32.8 Å². The van der Waals surface area contributed by atoms with Gasteiger partial charge in [0.05, 0.1) is 13.1 Å². The Balaban J connectivity index is 0.0000001000. The van der Waals surface area contributed by atoms with Gasteiger partial charge in [0.1, 0.15) is 0 Å². The molecule has 5 nitrogen and oxygen atoms in total. The Labute approximate surface area is 60.3 Å². The summed E-state index contributed by atoms with van der Waals surface area (Å²) in [5.41, 5.74) is 2.68. The Morgan fingerprint density at radius 1 is 1.00 bits per heavy atom. The van der Waals surface area contributed by atoms with Crippen LogP contribution in [0.2, 0.25) is 0 Å². The van der Waals surface area contributed by atoms with Crippen LogP contribution in [0.5, 0.6) is 0 Å². The molecule has 0 amide bonds. The molecule has 0 unspecified atom stereocenters. The van der Waals surface area contributed by atoms with Gasteiger partial charge in [-0.25, -0.2) is 0 Å². The fourth-order valence-corrected chi connectivity index (χ4v) is 0.692. The molecule has 0 spiro atoms. The Bertz CT molecular complexity index is 84.6. The number of nitrogens with zero attached hydrogens (tertiary/aromatic N) is 2. The first-order valence-corrected chi connectivity index (χ1v) is 3.51. The minimum absolute atomic E-state index is 0.847. The summed E-state index contributed by atoms with van der Waals surface area (Å²) in [6.45, 7) is 5.04. The largest absolute Gasteiger partial charge is 0.303 e. The zero-order chi connectivity index (χ0) is 7.07. The van der Waals surface area contributed by atoms with Crippen molar-refractivity contribution in [2.75, 3.05) is 32.8 Å². The van der Waals surface area contributed by atoms with Gasteiger partial charge in [0, 0.05) is 19.8 Å². The number of hydrogen-bond donors (Lipinski definition) is 3. The molecule has 3 N–H and O–H groups in total.